The van der Waals surface area contributed by atoms with E-state index in [2.05, 4.69) is 94.0 Å². The minimum atomic E-state index is -0.283. The summed E-state index contributed by atoms with van der Waals surface area (Å²) in [4.78, 5) is 0. The molecule has 0 atom stereocenters. The van der Waals surface area contributed by atoms with E-state index in [1.54, 1.807) is 6.07 Å². The number of hydrogen-bond donors (Lipinski definition) is 0. The molecule has 6 aromatic rings. The van der Waals surface area contributed by atoms with Crippen molar-refractivity contribution in [3.05, 3.63) is 114 Å². The van der Waals surface area contributed by atoms with Crippen LogP contribution in [0, 0.1) is 19.7 Å². The van der Waals surface area contributed by atoms with E-state index in [0.29, 0.717) is 17.1 Å². The molecule has 0 aliphatic carbocycles. The van der Waals surface area contributed by atoms with Crippen LogP contribution >= 0.6 is 0 Å². The van der Waals surface area contributed by atoms with Crippen LogP contribution in [0.5, 0.6) is 0 Å². The highest BCUT2D eigenvalue weighted by Crippen LogP contribution is 2.42. The van der Waals surface area contributed by atoms with Gasteiger partial charge >= 0.3 is 0 Å². The SMILES string of the molecule is Cc1cc(-c2c(F)ccc3c2oc2c(-c4cc(C(C)C)cc[n+]4C)c(C)ccc23)ccc1-c1ccccc1. The Kier molecular flexibility index (Phi) is 5.87. The molecule has 6 rings (SSSR count). The summed E-state index contributed by atoms with van der Waals surface area (Å²) in [6.45, 7) is 8.59. The zero-order chi connectivity index (χ0) is 26.6. The van der Waals surface area contributed by atoms with E-state index >= 15 is 4.39 Å². The van der Waals surface area contributed by atoms with E-state index in [9.17, 15) is 0 Å². The average Bonchev–Trinajstić information content (AvgIpc) is 3.27. The maximum atomic E-state index is 15.5. The summed E-state index contributed by atoms with van der Waals surface area (Å²) in [6, 6.07) is 28.5. The third-order valence-electron chi connectivity index (χ3n) is 7.66. The number of nitrogens with zero attached hydrogens (tertiary/aromatic N) is 1. The van der Waals surface area contributed by atoms with Crippen molar-refractivity contribution in [2.24, 2.45) is 7.05 Å². The Morgan fingerprint density at radius 2 is 1.42 bits per heavy atom. The van der Waals surface area contributed by atoms with E-state index < -0.39 is 0 Å². The molecule has 3 heteroatoms. The van der Waals surface area contributed by atoms with E-state index in [4.69, 9.17) is 4.42 Å². The van der Waals surface area contributed by atoms with Gasteiger partial charge in [0.2, 0.25) is 5.69 Å². The number of aromatic nitrogens is 1. The van der Waals surface area contributed by atoms with E-state index in [0.717, 1.165) is 55.4 Å². The first-order chi connectivity index (χ1) is 18.3. The van der Waals surface area contributed by atoms with Gasteiger partial charge in [0.1, 0.15) is 24.0 Å². The molecule has 4 aromatic carbocycles. The molecule has 0 aliphatic rings. The molecule has 2 aromatic heterocycles. The van der Waals surface area contributed by atoms with Gasteiger partial charge < -0.3 is 4.42 Å². The van der Waals surface area contributed by atoms with Crippen molar-refractivity contribution < 1.29 is 13.4 Å². The van der Waals surface area contributed by atoms with Gasteiger partial charge in [-0.2, -0.15) is 0 Å². The van der Waals surface area contributed by atoms with Crippen molar-refractivity contribution in [2.45, 2.75) is 33.6 Å². The third-order valence-corrected chi connectivity index (χ3v) is 7.66. The highest BCUT2D eigenvalue weighted by Gasteiger charge is 2.24. The van der Waals surface area contributed by atoms with Crippen LogP contribution in [0.3, 0.4) is 0 Å². The number of fused-ring (bicyclic) bond motifs is 3. The summed E-state index contributed by atoms with van der Waals surface area (Å²) in [5, 5.41) is 1.92. The standard InChI is InChI=1S/C35H31FNO/c1-21(2)25-17-18-37(5)31(20-25)32-22(3)11-13-28-29-15-16-30(36)33(35(29)38-34(28)32)26-12-14-27(23(4)19-26)24-9-7-6-8-10-24/h6-21H,1-5H3/q+1. The van der Waals surface area contributed by atoms with Gasteiger partial charge in [-0.3, -0.25) is 0 Å². The summed E-state index contributed by atoms with van der Waals surface area (Å²) < 4.78 is 24.3. The van der Waals surface area contributed by atoms with Crippen molar-refractivity contribution in [3.8, 4) is 33.5 Å². The second-order valence-corrected chi connectivity index (χ2v) is 10.5. The number of furan rings is 1. The molecule has 0 bridgehead atoms. The predicted octanol–water partition coefficient (Wildman–Crippen LogP) is 9.29. The number of pyridine rings is 1. The minimum Gasteiger partial charge on any atom is -0.454 e. The van der Waals surface area contributed by atoms with Gasteiger partial charge in [0.05, 0.1) is 11.1 Å². The molecule has 0 radical (unpaired) electrons. The van der Waals surface area contributed by atoms with Crippen LogP contribution in [-0.2, 0) is 7.05 Å². The summed E-state index contributed by atoms with van der Waals surface area (Å²) in [5.41, 5.74) is 10.6. The molecule has 0 amide bonds. The molecule has 0 saturated heterocycles. The van der Waals surface area contributed by atoms with Gasteiger partial charge in [-0.15, -0.1) is 0 Å². The fourth-order valence-electron chi connectivity index (χ4n) is 5.52. The monoisotopic (exact) mass is 500 g/mol. The van der Waals surface area contributed by atoms with Crippen LogP contribution in [0.15, 0.2) is 95.5 Å². The quantitative estimate of drug-likeness (QED) is 0.220. The largest absolute Gasteiger partial charge is 0.454 e. The van der Waals surface area contributed by atoms with Crippen LogP contribution in [-0.4, -0.2) is 0 Å². The van der Waals surface area contributed by atoms with Crippen LogP contribution in [0.25, 0.3) is 55.4 Å². The number of halogens is 1. The lowest BCUT2D eigenvalue weighted by Crippen LogP contribution is -2.31. The highest BCUT2D eigenvalue weighted by atomic mass is 19.1. The summed E-state index contributed by atoms with van der Waals surface area (Å²) >= 11 is 0. The molecule has 2 nitrogen and oxygen atoms in total. The predicted molar refractivity (Wildman–Crippen MR) is 155 cm³/mol. The summed E-state index contributed by atoms with van der Waals surface area (Å²) in [7, 11) is 2.06. The van der Waals surface area contributed by atoms with Crippen LogP contribution in [0.1, 0.15) is 36.5 Å². The van der Waals surface area contributed by atoms with Crippen LogP contribution in [0.2, 0.25) is 0 Å². The molecule has 0 saturated carbocycles. The van der Waals surface area contributed by atoms with Gasteiger partial charge in [-0.1, -0.05) is 74.5 Å². The van der Waals surface area contributed by atoms with Crippen molar-refractivity contribution in [1.29, 1.82) is 0 Å². The summed E-state index contributed by atoms with van der Waals surface area (Å²) in [6.07, 6.45) is 2.10. The molecular formula is C35H31FNO+. The first-order valence-corrected chi connectivity index (χ1v) is 13.1. The van der Waals surface area contributed by atoms with E-state index in [-0.39, 0.29) is 5.82 Å². The molecular weight excluding hydrogens is 469 g/mol. The zero-order valence-corrected chi connectivity index (χ0v) is 22.5. The Labute approximate surface area is 223 Å². The van der Waals surface area contributed by atoms with E-state index in [1.807, 2.05) is 30.3 Å². The first-order valence-electron chi connectivity index (χ1n) is 13.1. The van der Waals surface area contributed by atoms with Gasteiger partial charge in [-0.25, -0.2) is 8.96 Å². The lowest BCUT2D eigenvalue weighted by atomic mass is 9.94. The van der Waals surface area contributed by atoms with Crippen LogP contribution < -0.4 is 4.57 Å². The Bertz CT molecular complexity index is 1830. The Morgan fingerprint density at radius 3 is 2.13 bits per heavy atom. The van der Waals surface area contributed by atoms with Gasteiger partial charge in [-0.05, 0) is 65.3 Å². The molecule has 188 valence electrons. The van der Waals surface area contributed by atoms with E-state index in [1.165, 1.54) is 5.56 Å². The minimum absolute atomic E-state index is 0.283. The molecule has 0 unspecified atom stereocenters. The lowest BCUT2D eigenvalue weighted by molar-refractivity contribution is -0.660. The van der Waals surface area contributed by atoms with Crippen molar-refractivity contribution in [3.63, 3.8) is 0 Å². The second kappa shape index (κ2) is 9.25. The highest BCUT2D eigenvalue weighted by molar-refractivity contribution is 6.13. The fraction of sp³-hybridized carbons (Fsp3) is 0.171. The number of hydrogen-bond acceptors (Lipinski definition) is 1. The topological polar surface area (TPSA) is 17.0 Å². The first kappa shape index (κ1) is 24.1. The zero-order valence-electron chi connectivity index (χ0n) is 22.5. The fourth-order valence-corrected chi connectivity index (χ4v) is 5.52. The van der Waals surface area contributed by atoms with Crippen molar-refractivity contribution >= 4 is 21.9 Å². The Balaban J connectivity index is 1.60. The molecule has 0 spiro atoms. The third kappa shape index (κ3) is 3.90. The molecule has 38 heavy (non-hydrogen) atoms. The maximum absolute atomic E-state index is 15.5. The maximum Gasteiger partial charge on any atom is 0.216 e. The molecule has 2 heterocycles. The van der Waals surface area contributed by atoms with Crippen LogP contribution in [0.4, 0.5) is 4.39 Å². The number of rotatable bonds is 4. The molecule has 0 aliphatic heterocycles. The second-order valence-electron chi connectivity index (χ2n) is 10.5. The lowest BCUT2D eigenvalue weighted by Gasteiger charge is -2.10. The number of aryl methyl sites for hydroxylation is 3. The summed E-state index contributed by atoms with van der Waals surface area (Å²) in [5.74, 6) is 0.127. The van der Waals surface area contributed by atoms with Gasteiger partial charge in [0.15, 0.2) is 6.20 Å². The van der Waals surface area contributed by atoms with Gasteiger partial charge in [0, 0.05) is 22.9 Å². The van der Waals surface area contributed by atoms with Crippen molar-refractivity contribution in [2.75, 3.05) is 0 Å². The Hall–Kier alpha value is -4.24. The smallest absolute Gasteiger partial charge is 0.216 e. The number of benzene rings is 4. The Morgan fingerprint density at radius 1 is 0.711 bits per heavy atom. The molecule has 0 N–H and O–H groups in total. The normalized spacial score (nSPS) is 11.7. The van der Waals surface area contributed by atoms with Gasteiger partial charge in [0.25, 0.3) is 0 Å². The molecule has 0 fully saturated rings. The van der Waals surface area contributed by atoms with Crippen molar-refractivity contribution in [1.82, 2.24) is 0 Å². The average molecular weight is 501 g/mol.